The zero-order chi connectivity index (χ0) is 22.6. The SMILES string of the molecule is CCc1ccc(CNC(=O)C2CCN(c3ccc4nnc(-c5ccccc5)n4n3)CC2)cc1. The molecule has 4 aromatic rings. The quantitative estimate of drug-likeness (QED) is 0.492. The number of hydrogen-bond donors (Lipinski definition) is 1. The number of amides is 1. The van der Waals surface area contributed by atoms with Gasteiger partial charge in [0.05, 0.1) is 0 Å². The van der Waals surface area contributed by atoms with Crippen molar-refractivity contribution in [2.75, 3.05) is 18.0 Å². The molecule has 33 heavy (non-hydrogen) atoms. The van der Waals surface area contributed by atoms with Crippen LogP contribution in [0.1, 0.15) is 30.9 Å². The number of anilines is 1. The van der Waals surface area contributed by atoms with Crippen molar-refractivity contribution in [3.63, 3.8) is 0 Å². The van der Waals surface area contributed by atoms with Gasteiger partial charge in [-0.2, -0.15) is 4.52 Å². The van der Waals surface area contributed by atoms with Gasteiger partial charge in [0.2, 0.25) is 5.91 Å². The van der Waals surface area contributed by atoms with Crippen LogP contribution in [0.5, 0.6) is 0 Å². The van der Waals surface area contributed by atoms with Crippen LogP contribution in [-0.4, -0.2) is 38.8 Å². The van der Waals surface area contributed by atoms with Crippen LogP contribution in [0.2, 0.25) is 0 Å². The zero-order valence-electron chi connectivity index (χ0n) is 18.8. The normalized spacial score (nSPS) is 14.5. The standard InChI is InChI=1S/C26H28N6O/c1-2-19-8-10-20(11-9-19)18-27-26(33)22-14-16-31(17-15-22)24-13-12-23-28-29-25(32(23)30-24)21-6-4-3-5-7-21/h3-13,22H,2,14-18H2,1H3,(H,27,33). The number of hydrogen-bond acceptors (Lipinski definition) is 5. The Morgan fingerprint density at radius 2 is 1.67 bits per heavy atom. The molecule has 0 aliphatic carbocycles. The van der Waals surface area contributed by atoms with E-state index in [1.807, 2.05) is 42.5 Å². The highest BCUT2D eigenvalue weighted by molar-refractivity contribution is 5.79. The number of nitrogens with one attached hydrogen (secondary N) is 1. The van der Waals surface area contributed by atoms with Gasteiger partial charge in [-0.3, -0.25) is 4.79 Å². The molecule has 168 valence electrons. The highest BCUT2D eigenvalue weighted by Crippen LogP contribution is 2.24. The van der Waals surface area contributed by atoms with E-state index in [2.05, 4.69) is 51.6 Å². The fourth-order valence-electron chi connectivity index (χ4n) is 4.31. The van der Waals surface area contributed by atoms with Gasteiger partial charge in [-0.25, -0.2) is 0 Å². The minimum atomic E-state index is 0.0367. The topological polar surface area (TPSA) is 75.4 Å². The molecule has 7 nitrogen and oxygen atoms in total. The fraction of sp³-hybridized carbons (Fsp3) is 0.308. The first-order valence-electron chi connectivity index (χ1n) is 11.6. The number of fused-ring (bicyclic) bond motifs is 1. The van der Waals surface area contributed by atoms with E-state index in [1.165, 1.54) is 5.56 Å². The second-order valence-electron chi connectivity index (χ2n) is 8.50. The smallest absolute Gasteiger partial charge is 0.223 e. The summed E-state index contributed by atoms with van der Waals surface area (Å²) >= 11 is 0. The molecule has 1 fully saturated rings. The average molecular weight is 441 g/mol. The molecular weight excluding hydrogens is 412 g/mol. The van der Waals surface area contributed by atoms with Crippen LogP contribution < -0.4 is 10.2 Å². The summed E-state index contributed by atoms with van der Waals surface area (Å²) in [6.07, 6.45) is 2.65. The van der Waals surface area contributed by atoms with Crippen LogP contribution in [0.25, 0.3) is 17.0 Å². The van der Waals surface area contributed by atoms with Gasteiger partial charge in [0.25, 0.3) is 0 Å². The number of carbonyl (C=O) groups is 1. The predicted molar refractivity (Wildman–Crippen MR) is 129 cm³/mol. The van der Waals surface area contributed by atoms with Gasteiger partial charge in [0.15, 0.2) is 11.5 Å². The van der Waals surface area contributed by atoms with Gasteiger partial charge in [-0.05, 0) is 42.5 Å². The highest BCUT2D eigenvalue weighted by Gasteiger charge is 2.26. The number of rotatable bonds is 6. The van der Waals surface area contributed by atoms with Crippen molar-refractivity contribution < 1.29 is 4.79 Å². The monoisotopic (exact) mass is 440 g/mol. The maximum atomic E-state index is 12.7. The molecule has 0 saturated carbocycles. The lowest BCUT2D eigenvalue weighted by molar-refractivity contribution is -0.125. The van der Waals surface area contributed by atoms with Crippen LogP contribution in [-0.2, 0) is 17.8 Å². The summed E-state index contributed by atoms with van der Waals surface area (Å²) in [5.41, 5.74) is 4.15. The molecule has 0 atom stereocenters. The lowest BCUT2D eigenvalue weighted by Gasteiger charge is -2.32. The van der Waals surface area contributed by atoms with Crippen molar-refractivity contribution in [2.24, 2.45) is 5.92 Å². The van der Waals surface area contributed by atoms with Gasteiger partial charge >= 0.3 is 0 Å². The Bertz CT molecular complexity index is 1230. The Hall–Kier alpha value is -3.74. The van der Waals surface area contributed by atoms with E-state index in [0.29, 0.717) is 6.54 Å². The van der Waals surface area contributed by atoms with E-state index in [0.717, 1.165) is 60.8 Å². The summed E-state index contributed by atoms with van der Waals surface area (Å²) < 4.78 is 1.80. The molecule has 2 aromatic carbocycles. The van der Waals surface area contributed by atoms with Gasteiger partial charge < -0.3 is 10.2 Å². The number of benzene rings is 2. The van der Waals surface area contributed by atoms with E-state index in [9.17, 15) is 4.79 Å². The Kier molecular flexibility index (Phi) is 6.02. The number of aromatic nitrogens is 4. The predicted octanol–water partition coefficient (Wildman–Crippen LogP) is 3.89. The molecule has 1 saturated heterocycles. The minimum Gasteiger partial charge on any atom is -0.355 e. The second-order valence-corrected chi connectivity index (χ2v) is 8.50. The molecule has 1 aliphatic rings. The van der Waals surface area contributed by atoms with E-state index in [4.69, 9.17) is 5.10 Å². The van der Waals surface area contributed by atoms with Gasteiger partial charge in [-0.1, -0.05) is 61.5 Å². The first-order chi connectivity index (χ1) is 16.2. The van der Waals surface area contributed by atoms with Crippen molar-refractivity contribution in [1.82, 2.24) is 25.1 Å². The largest absolute Gasteiger partial charge is 0.355 e. The third kappa shape index (κ3) is 4.58. The molecule has 5 rings (SSSR count). The number of nitrogens with zero attached hydrogens (tertiary/aromatic N) is 5. The molecule has 7 heteroatoms. The number of carbonyl (C=O) groups excluding carboxylic acids is 1. The Balaban J connectivity index is 1.21. The molecule has 2 aromatic heterocycles. The molecule has 1 amide bonds. The van der Waals surface area contributed by atoms with Crippen LogP contribution in [0, 0.1) is 5.92 Å². The van der Waals surface area contributed by atoms with Crippen molar-refractivity contribution in [3.05, 3.63) is 77.9 Å². The van der Waals surface area contributed by atoms with Crippen molar-refractivity contribution in [2.45, 2.75) is 32.7 Å². The van der Waals surface area contributed by atoms with Crippen molar-refractivity contribution in [1.29, 1.82) is 0 Å². The summed E-state index contributed by atoms with van der Waals surface area (Å²) in [6, 6.07) is 22.3. The molecule has 0 unspecified atom stereocenters. The van der Waals surface area contributed by atoms with E-state index in [-0.39, 0.29) is 11.8 Å². The summed E-state index contributed by atoms with van der Waals surface area (Å²) in [7, 11) is 0. The Morgan fingerprint density at radius 3 is 2.39 bits per heavy atom. The molecule has 0 bridgehead atoms. The van der Waals surface area contributed by atoms with Crippen LogP contribution >= 0.6 is 0 Å². The number of piperidine rings is 1. The third-order valence-electron chi connectivity index (χ3n) is 6.37. The average Bonchev–Trinajstić information content (AvgIpc) is 3.31. The Labute approximate surface area is 193 Å². The maximum Gasteiger partial charge on any atom is 0.223 e. The molecule has 0 radical (unpaired) electrons. The number of aryl methyl sites for hydroxylation is 1. The van der Waals surface area contributed by atoms with Crippen LogP contribution in [0.3, 0.4) is 0 Å². The summed E-state index contributed by atoms with van der Waals surface area (Å²) in [4.78, 5) is 15.0. The van der Waals surface area contributed by atoms with E-state index < -0.39 is 0 Å². The lowest BCUT2D eigenvalue weighted by Crippen LogP contribution is -2.40. The summed E-state index contributed by atoms with van der Waals surface area (Å²) in [6.45, 7) is 4.32. The molecule has 0 spiro atoms. The van der Waals surface area contributed by atoms with Crippen LogP contribution in [0.15, 0.2) is 66.7 Å². The fourth-order valence-corrected chi connectivity index (χ4v) is 4.31. The summed E-state index contributed by atoms with van der Waals surface area (Å²) in [5, 5.41) is 16.5. The van der Waals surface area contributed by atoms with Gasteiger partial charge in [-0.15, -0.1) is 15.3 Å². The third-order valence-corrected chi connectivity index (χ3v) is 6.37. The summed E-state index contributed by atoms with van der Waals surface area (Å²) in [5.74, 6) is 1.79. The van der Waals surface area contributed by atoms with E-state index in [1.54, 1.807) is 4.52 Å². The molecule has 1 N–H and O–H groups in total. The lowest BCUT2D eigenvalue weighted by atomic mass is 9.96. The molecular formula is C26H28N6O. The molecule has 3 heterocycles. The maximum absolute atomic E-state index is 12.7. The van der Waals surface area contributed by atoms with Gasteiger partial charge in [0.1, 0.15) is 5.82 Å². The zero-order valence-corrected chi connectivity index (χ0v) is 18.8. The second kappa shape index (κ2) is 9.40. The van der Waals surface area contributed by atoms with Gasteiger partial charge in [0, 0.05) is 31.1 Å². The van der Waals surface area contributed by atoms with E-state index >= 15 is 0 Å². The minimum absolute atomic E-state index is 0.0367. The van der Waals surface area contributed by atoms with Crippen molar-refractivity contribution >= 4 is 17.4 Å². The first kappa shape index (κ1) is 21.1. The molecule has 1 aliphatic heterocycles. The van der Waals surface area contributed by atoms with Crippen LogP contribution in [0.4, 0.5) is 5.82 Å². The Morgan fingerprint density at radius 1 is 0.939 bits per heavy atom. The van der Waals surface area contributed by atoms with Crippen molar-refractivity contribution in [3.8, 4) is 11.4 Å². The first-order valence-corrected chi connectivity index (χ1v) is 11.6. The highest BCUT2D eigenvalue weighted by atomic mass is 16.1.